The van der Waals surface area contributed by atoms with Crippen molar-refractivity contribution in [1.82, 2.24) is 0 Å². The SMILES string of the molecule is C/C(=C\C(=O)OCC1CO1)C(=O)OCC1CO1. The number of ether oxygens (including phenoxy) is 4. The maximum absolute atomic E-state index is 11.4. The highest BCUT2D eigenvalue weighted by molar-refractivity contribution is 5.95. The number of esters is 2. The molecular formula is C11H14O6. The quantitative estimate of drug-likeness (QED) is 0.365. The molecule has 2 unspecified atom stereocenters. The van der Waals surface area contributed by atoms with Crippen molar-refractivity contribution in [2.24, 2.45) is 0 Å². The van der Waals surface area contributed by atoms with Gasteiger partial charge in [0, 0.05) is 11.6 Å². The van der Waals surface area contributed by atoms with Crippen LogP contribution in [0.25, 0.3) is 0 Å². The summed E-state index contributed by atoms with van der Waals surface area (Å²) < 4.78 is 19.5. The predicted octanol–water partition coefficient (Wildman–Crippen LogP) is -0.183. The zero-order valence-electron chi connectivity index (χ0n) is 9.51. The van der Waals surface area contributed by atoms with Crippen LogP contribution < -0.4 is 0 Å². The first kappa shape index (κ1) is 12.1. The van der Waals surface area contributed by atoms with E-state index in [0.29, 0.717) is 13.2 Å². The molecule has 0 saturated carbocycles. The number of carbonyl (C=O) groups is 2. The highest BCUT2D eigenvalue weighted by Gasteiger charge is 2.25. The van der Waals surface area contributed by atoms with E-state index in [1.807, 2.05) is 0 Å². The minimum atomic E-state index is -0.558. The summed E-state index contributed by atoms with van der Waals surface area (Å²) in [6.45, 7) is 3.21. The maximum Gasteiger partial charge on any atom is 0.334 e. The van der Waals surface area contributed by atoms with Crippen LogP contribution in [-0.4, -0.2) is 50.6 Å². The van der Waals surface area contributed by atoms with Gasteiger partial charge in [-0.3, -0.25) is 0 Å². The second-order valence-electron chi connectivity index (χ2n) is 3.97. The molecule has 0 aromatic heterocycles. The standard InChI is InChI=1S/C11H14O6/c1-7(11(13)17-6-9-4-15-9)2-10(12)16-5-8-3-14-8/h2,8-9H,3-6H2,1H3/b7-2+. The normalized spacial score (nSPS) is 26.3. The third-order valence-electron chi connectivity index (χ3n) is 2.27. The Morgan fingerprint density at radius 3 is 2.24 bits per heavy atom. The number of rotatable bonds is 6. The molecule has 0 radical (unpaired) electrons. The molecular weight excluding hydrogens is 228 g/mol. The van der Waals surface area contributed by atoms with Crippen LogP contribution in [0.1, 0.15) is 6.92 Å². The van der Waals surface area contributed by atoms with Gasteiger partial charge in [-0.1, -0.05) is 0 Å². The Morgan fingerprint density at radius 2 is 1.71 bits per heavy atom. The molecule has 2 rings (SSSR count). The molecule has 2 fully saturated rings. The second-order valence-corrected chi connectivity index (χ2v) is 3.97. The van der Waals surface area contributed by atoms with Gasteiger partial charge in [-0.05, 0) is 6.92 Å². The van der Waals surface area contributed by atoms with Crippen LogP contribution in [0.2, 0.25) is 0 Å². The molecule has 6 heteroatoms. The monoisotopic (exact) mass is 242 g/mol. The van der Waals surface area contributed by atoms with Crippen LogP contribution >= 0.6 is 0 Å². The third kappa shape index (κ3) is 4.54. The predicted molar refractivity (Wildman–Crippen MR) is 55.2 cm³/mol. The third-order valence-corrected chi connectivity index (χ3v) is 2.27. The van der Waals surface area contributed by atoms with E-state index in [9.17, 15) is 9.59 Å². The van der Waals surface area contributed by atoms with Crippen LogP contribution in [-0.2, 0) is 28.5 Å². The molecule has 0 aliphatic carbocycles. The topological polar surface area (TPSA) is 77.7 Å². The fraction of sp³-hybridized carbons (Fsp3) is 0.636. The fourth-order valence-electron chi connectivity index (χ4n) is 1.06. The Morgan fingerprint density at radius 1 is 1.18 bits per heavy atom. The van der Waals surface area contributed by atoms with Crippen molar-refractivity contribution in [2.45, 2.75) is 19.1 Å². The number of hydrogen-bond acceptors (Lipinski definition) is 6. The molecule has 2 atom stereocenters. The molecule has 0 aromatic rings. The molecule has 2 heterocycles. The minimum absolute atomic E-state index is 0.0192. The van der Waals surface area contributed by atoms with Crippen molar-refractivity contribution >= 4 is 11.9 Å². The van der Waals surface area contributed by atoms with Crippen molar-refractivity contribution in [3.63, 3.8) is 0 Å². The lowest BCUT2D eigenvalue weighted by Gasteiger charge is -2.03. The van der Waals surface area contributed by atoms with Crippen LogP contribution in [0.3, 0.4) is 0 Å². The molecule has 2 aliphatic rings. The summed E-state index contributed by atoms with van der Waals surface area (Å²) >= 11 is 0. The minimum Gasteiger partial charge on any atom is -0.460 e. The Balaban J connectivity index is 1.68. The van der Waals surface area contributed by atoms with Crippen LogP contribution in [0, 0.1) is 0 Å². The summed E-state index contributed by atoms with van der Waals surface area (Å²) in [7, 11) is 0. The van der Waals surface area contributed by atoms with Crippen molar-refractivity contribution < 1.29 is 28.5 Å². The molecule has 2 aliphatic heterocycles. The lowest BCUT2D eigenvalue weighted by atomic mass is 10.3. The first-order valence-corrected chi connectivity index (χ1v) is 5.40. The Labute approximate surface area is 98.5 Å². The van der Waals surface area contributed by atoms with Gasteiger partial charge in [-0.25, -0.2) is 9.59 Å². The highest BCUT2D eigenvalue weighted by atomic mass is 16.6. The van der Waals surface area contributed by atoms with Gasteiger partial charge >= 0.3 is 11.9 Å². The Bertz CT molecular complexity index is 340. The van der Waals surface area contributed by atoms with Crippen molar-refractivity contribution in [3.8, 4) is 0 Å². The summed E-state index contributed by atoms with van der Waals surface area (Å²) in [4.78, 5) is 22.6. The number of hydrogen-bond donors (Lipinski definition) is 0. The average molecular weight is 242 g/mol. The molecule has 17 heavy (non-hydrogen) atoms. The van der Waals surface area contributed by atoms with Gasteiger partial charge in [0.15, 0.2) is 0 Å². The highest BCUT2D eigenvalue weighted by Crippen LogP contribution is 2.11. The number of carbonyl (C=O) groups excluding carboxylic acids is 2. The molecule has 0 aromatic carbocycles. The van der Waals surface area contributed by atoms with E-state index in [1.165, 1.54) is 6.92 Å². The van der Waals surface area contributed by atoms with Gasteiger partial charge in [0.25, 0.3) is 0 Å². The summed E-state index contributed by atoms with van der Waals surface area (Å²) in [6.07, 6.45) is 1.16. The fourth-order valence-corrected chi connectivity index (χ4v) is 1.06. The van der Waals surface area contributed by atoms with E-state index in [4.69, 9.17) is 18.9 Å². The molecule has 2 saturated heterocycles. The van der Waals surface area contributed by atoms with E-state index in [-0.39, 0.29) is 31.0 Å². The van der Waals surface area contributed by atoms with Crippen molar-refractivity contribution in [1.29, 1.82) is 0 Å². The molecule has 0 bridgehead atoms. The zero-order chi connectivity index (χ0) is 12.3. The molecule has 6 nitrogen and oxygen atoms in total. The smallest absolute Gasteiger partial charge is 0.334 e. The summed E-state index contributed by atoms with van der Waals surface area (Å²) in [5, 5.41) is 0. The van der Waals surface area contributed by atoms with Gasteiger partial charge in [0.2, 0.25) is 0 Å². The summed E-state index contributed by atoms with van der Waals surface area (Å²) in [5.41, 5.74) is 0.215. The van der Waals surface area contributed by atoms with E-state index in [2.05, 4.69) is 0 Å². The first-order chi connectivity index (χ1) is 8.15. The van der Waals surface area contributed by atoms with E-state index in [0.717, 1.165) is 6.08 Å². The van der Waals surface area contributed by atoms with Crippen LogP contribution in [0.5, 0.6) is 0 Å². The molecule has 0 N–H and O–H groups in total. The second kappa shape index (κ2) is 5.29. The lowest BCUT2D eigenvalue weighted by molar-refractivity contribution is -0.141. The summed E-state index contributed by atoms with van der Waals surface area (Å²) in [5.74, 6) is -1.09. The Hall–Kier alpha value is -1.40. The molecule has 94 valence electrons. The summed E-state index contributed by atoms with van der Waals surface area (Å²) in [6, 6.07) is 0. The van der Waals surface area contributed by atoms with Gasteiger partial charge in [-0.15, -0.1) is 0 Å². The van der Waals surface area contributed by atoms with Crippen molar-refractivity contribution in [2.75, 3.05) is 26.4 Å². The Kier molecular flexibility index (Phi) is 3.75. The van der Waals surface area contributed by atoms with Crippen LogP contribution in [0.15, 0.2) is 11.6 Å². The van der Waals surface area contributed by atoms with Gasteiger partial charge < -0.3 is 18.9 Å². The van der Waals surface area contributed by atoms with E-state index >= 15 is 0 Å². The lowest BCUT2D eigenvalue weighted by Crippen LogP contribution is -2.13. The van der Waals surface area contributed by atoms with Crippen LogP contribution in [0.4, 0.5) is 0 Å². The van der Waals surface area contributed by atoms with E-state index in [1.54, 1.807) is 0 Å². The largest absolute Gasteiger partial charge is 0.460 e. The van der Waals surface area contributed by atoms with Gasteiger partial charge in [0.1, 0.15) is 25.4 Å². The number of epoxide rings is 2. The molecule has 0 amide bonds. The molecule has 0 spiro atoms. The van der Waals surface area contributed by atoms with Gasteiger partial charge in [0.05, 0.1) is 13.2 Å². The first-order valence-electron chi connectivity index (χ1n) is 5.40. The van der Waals surface area contributed by atoms with Gasteiger partial charge in [-0.2, -0.15) is 0 Å². The van der Waals surface area contributed by atoms with E-state index < -0.39 is 11.9 Å². The van der Waals surface area contributed by atoms with Crippen molar-refractivity contribution in [3.05, 3.63) is 11.6 Å². The maximum atomic E-state index is 11.4. The zero-order valence-corrected chi connectivity index (χ0v) is 9.51. The average Bonchev–Trinajstić information content (AvgIpc) is 3.16.